The van der Waals surface area contributed by atoms with Crippen molar-refractivity contribution in [2.75, 3.05) is 14.1 Å². The van der Waals surface area contributed by atoms with Crippen LogP contribution in [0.25, 0.3) is 0 Å². The van der Waals surface area contributed by atoms with Crippen molar-refractivity contribution in [1.82, 2.24) is 0 Å². The van der Waals surface area contributed by atoms with Crippen LogP contribution in [0.1, 0.15) is 5.56 Å². The number of nitrogens with zero attached hydrogens (tertiary/aromatic N) is 1. The summed E-state index contributed by atoms with van der Waals surface area (Å²) in [7, 11) is 4.08. The molecule has 0 aliphatic rings. The van der Waals surface area contributed by atoms with Crippen molar-refractivity contribution in [2.24, 2.45) is 0 Å². The third kappa shape index (κ3) is 3.58. The molecule has 0 radical (unpaired) electrons. The van der Waals surface area contributed by atoms with E-state index in [4.69, 9.17) is 0 Å². The van der Waals surface area contributed by atoms with E-state index in [0.29, 0.717) is 0 Å². The molecule has 12 heavy (non-hydrogen) atoms. The molecule has 0 aliphatic heterocycles. The van der Waals surface area contributed by atoms with Crippen LogP contribution in [0.5, 0.6) is 0 Å². The fourth-order valence-electron chi connectivity index (χ4n) is 0.857. The largest absolute Gasteiger partial charge is 0.236 e. The highest BCUT2D eigenvalue weighted by atomic mass is 32.2. The van der Waals surface area contributed by atoms with Crippen LogP contribution in [0.4, 0.5) is 0 Å². The molecule has 0 fully saturated rings. The molecule has 0 aromatic heterocycles. The first-order valence-corrected chi connectivity index (χ1v) is 4.99. The minimum atomic E-state index is 1.05. The van der Waals surface area contributed by atoms with Gasteiger partial charge < -0.3 is 0 Å². The minimum Gasteiger partial charge on any atom is -0.236 e. The van der Waals surface area contributed by atoms with Crippen molar-refractivity contribution in [3.8, 4) is 0 Å². The van der Waals surface area contributed by atoms with Gasteiger partial charge in [0.2, 0.25) is 0 Å². The smallest absolute Gasteiger partial charge is 0.197 e. The van der Waals surface area contributed by atoms with Crippen molar-refractivity contribution < 1.29 is 4.58 Å². The molecule has 0 bridgehead atoms. The predicted octanol–water partition coefficient (Wildman–Crippen LogP) is 2.22. The van der Waals surface area contributed by atoms with Crippen LogP contribution >= 0.6 is 11.8 Å². The highest BCUT2D eigenvalue weighted by Gasteiger charge is 1.91. The molecular formula is C10H14NS+. The summed E-state index contributed by atoms with van der Waals surface area (Å²) in [4.78, 5) is 0. The van der Waals surface area contributed by atoms with Gasteiger partial charge in [-0.3, -0.25) is 0 Å². The minimum absolute atomic E-state index is 1.05. The Morgan fingerprint density at radius 1 is 1.25 bits per heavy atom. The van der Waals surface area contributed by atoms with E-state index in [0.717, 1.165) is 5.75 Å². The monoisotopic (exact) mass is 180 g/mol. The first-order valence-electron chi connectivity index (χ1n) is 3.94. The van der Waals surface area contributed by atoms with Gasteiger partial charge in [0.15, 0.2) is 5.55 Å². The highest BCUT2D eigenvalue weighted by Crippen LogP contribution is 2.08. The van der Waals surface area contributed by atoms with Crippen LogP contribution in [-0.2, 0) is 5.75 Å². The standard InChI is InChI=1S/C10H14NS/c1-11(2)9-12-8-10-6-4-3-5-7-10/h3-7,9H,8H2,1-2H3/q+1. The summed E-state index contributed by atoms with van der Waals surface area (Å²) < 4.78 is 2.06. The second-order valence-electron chi connectivity index (χ2n) is 2.87. The van der Waals surface area contributed by atoms with Gasteiger partial charge in [-0.2, -0.15) is 0 Å². The van der Waals surface area contributed by atoms with Gasteiger partial charge in [-0.15, -0.1) is 0 Å². The van der Waals surface area contributed by atoms with Gasteiger partial charge in [0.05, 0.1) is 0 Å². The number of thioether (sulfide) groups is 1. The average molecular weight is 180 g/mol. The van der Waals surface area contributed by atoms with Crippen molar-refractivity contribution in [3.63, 3.8) is 0 Å². The van der Waals surface area contributed by atoms with E-state index in [1.807, 2.05) is 31.9 Å². The summed E-state index contributed by atoms with van der Waals surface area (Å²) in [6, 6.07) is 10.5. The first-order chi connectivity index (χ1) is 5.79. The summed E-state index contributed by atoms with van der Waals surface area (Å²) in [5.41, 5.74) is 3.49. The molecule has 0 amide bonds. The Hall–Kier alpha value is -0.760. The molecule has 0 spiro atoms. The summed E-state index contributed by atoms with van der Waals surface area (Å²) >= 11 is 1.82. The topological polar surface area (TPSA) is 3.01 Å². The molecule has 0 N–H and O–H groups in total. The van der Waals surface area contributed by atoms with Gasteiger partial charge in [-0.05, 0) is 5.56 Å². The number of benzene rings is 1. The molecule has 1 rings (SSSR count). The molecule has 0 heterocycles. The molecule has 0 unspecified atom stereocenters. The Kier molecular flexibility index (Phi) is 3.88. The lowest BCUT2D eigenvalue weighted by Crippen LogP contribution is -1.95. The van der Waals surface area contributed by atoms with Gasteiger partial charge in [-0.25, -0.2) is 4.58 Å². The lowest BCUT2D eigenvalue weighted by Gasteiger charge is -1.94. The number of hydrogen-bond donors (Lipinski definition) is 0. The molecule has 0 saturated heterocycles. The Labute approximate surface area is 78.1 Å². The van der Waals surface area contributed by atoms with Crippen molar-refractivity contribution in [1.29, 1.82) is 0 Å². The Balaban J connectivity index is 2.39. The van der Waals surface area contributed by atoms with E-state index in [-0.39, 0.29) is 0 Å². The van der Waals surface area contributed by atoms with E-state index in [9.17, 15) is 0 Å². The van der Waals surface area contributed by atoms with Gasteiger partial charge in [0.25, 0.3) is 0 Å². The first kappa shape index (κ1) is 9.33. The molecule has 0 atom stereocenters. The maximum atomic E-state index is 2.15. The van der Waals surface area contributed by atoms with E-state index in [1.165, 1.54) is 5.56 Å². The van der Waals surface area contributed by atoms with Gasteiger partial charge in [0, 0.05) is 5.75 Å². The van der Waals surface area contributed by atoms with Crippen LogP contribution in [0.15, 0.2) is 30.3 Å². The van der Waals surface area contributed by atoms with Crippen molar-refractivity contribution in [2.45, 2.75) is 5.75 Å². The predicted molar refractivity (Wildman–Crippen MR) is 55.9 cm³/mol. The zero-order valence-corrected chi connectivity index (χ0v) is 8.34. The van der Waals surface area contributed by atoms with Crippen LogP contribution in [-0.4, -0.2) is 24.2 Å². The third-order valence-electron chi connectivity index (χ3n) is 1.38. The fraction of sp³-hybridized carbons (Fsp3) is 0.300. The fourth-order valence-corrected chi connectivity index (χ4v) is 1.61. The van der Waals surface area contributed by atoms with Crippen LogP contribution < -0.4 is 0 Å². The van der Waals surface area contributed by atoms with Crippen molar-refractivity contribution >= 4 is 17.3 Å². The van der Waals surface area contributed by atoms with Gasteiger partial charge in [0.1, 0.15) is 14.1 Å². The van der Waals surface area contributed by atoms with E-state index in [1.54, 1.807) is 0 Å². The van der Waals surface area contributed by atoms with Crippen molar-refractivity contribution in [3.05, 3.63) is 35.9 Å². The van der Waals surface area contributed by atoms with Crippen LogP contribution in [0.3, 0.4) is 0 Å². The average Bonchev–Trinajstić information content (AvgIpc) is 2.05. The lowest BCUT2D eigenvalue weighted by molar-refractivity contribution is -0.456. The maximum absolute atomic E-state index is 2.15. The molecule has 0 aliphatic carbocycles. The molecule has 1 aromatic rings. The third-order valence-corrected chi connectivity index (χ3v) is 2.45. The number of hydrogen-bond acceptors (Lipinski definition) is 1. The molecule has 1 nitrogen and oxygen atoms in total. The van der Waals surface area contributed by atoms with Gasteiger partial charge >= 0.3 is 0 Å². The maximum Gasteiger partial charge on any atom is 0.197 e. The zero-order valence-electron chi connectivity index (χ0n) is 7.53. The van der Waals surface area contributed by atoms with E-state index < -0.39 is 0 Å². The molecular weight excluding hydrogens is 166 g/mol. The zero-order chi connectivity index (χ0) is 8.81. The summed E-state index contributed by atoms with van der Waals surface area (Å²) in [5, 5.41) is 0. The van der Waals surface area contributed by atoms with Gasteiger partial charge in [-0.1, -0.05) is 42.1 Å². The highest BCUT2D eigenvalue weighted by molar-refractivity contribution is 8.11. The second kappa shape index (κ2) is 4.99. The van der Waals surface area contributed by atoms with E-state index in [2.05, 4.69) is 34.4 Å². The number of rotatable bonds is 3. The summed E-state index contributed by atoms with van der Waals surface area (Å²) in [6.45, 7) is 0. The molecule has 0 saturated carbocycles. The Bertz CT molecular complexity index is 250. The second-order valence-corrected chi connectivity index (χ2v) is 3.70. The molecule has 64 valence electrons. The summed E-state index contributed by atoms with van der Waals surface area (Å²) in [5.74, 6) is 1.05. The quantitative estimate of drug-likeness (QED) is 0.391. The normalized spacial score (nSPS) is 9.50. The summed E-state index contributed by atoms with van der Waals surface area (Å²) in [6.07, 6.45) is 0. The van der Waals surface area contributed by atoms with E-state index >= 15 is 0 Å². The lowest BCUT2D eigenvalue weighted by atomic mass is 10.2. The van der Waals surface area contributed by atoms with Crippen LogP contribution in [0, 0.1) is 0 Å². The molecule has 1 aromatic carbocycles. The Morgan fingerprint density at radius 3 is 2.50 bits per heavy atom. The Morgan fingerprint density at radius 2 is 1.92 bits per heavy atom. The van der Waals surface area contributed by atoms with Crippen LogP contribution in [0.2, 0.25) is 0 Å². The SMILES string of the molecule is C[N+](C)=CSCc1ccccc1. The molecule has 2 heteroatoms.